The SMILES string of the molecule is C=C(CO)CCOc1cc(OCCOC)cc(-c2ccc(C3CCC(C4CCC(CCC(F)(F)F)CC4)CC3)cc2)c1. The van der Waals surface area contributed by atoms with Crippen LogP contribution in [0.3, 0.4) is 0 Å². The molecule has 0 aliphatic heterocycles. The second-order valence-corrected chi connectivity index (χ2v) is 12.2. The van der Waals surface area contributed by atoms with Crippen molar-refractivity contribution in [3.8, 4) is 22.6 Å². The summed E-state index contributed by atoms with van der Waals surface area (Å²) in [4.78, 5) is 0. The van der Waals surface area contributed by atoms with E-state index in [1.165, 1.54) is 31.2 Å². The van der Waals surface area contributed by atoms with E-state index < -0.39 is 12.6 Å². The van der Waals surface area contributed by atoms with E-state index in [1.54, 1.807) is 7.11 Å². The molecule has 7 heteroatoms. The van der Waals surface area contributed by atoms with Crippen molar-refractivity contribution in [1.29, 1.82) is 0 Å². The summed E-state index contributed by atoms with van der Waals surface area (Å²) in [6.07, 6.45) is 5.16. The molecule has 0 saturated heterocycles. The number of hydrogen-bond acceptors (Lipinski definition) is 4. The molecular weight excluding hydrogens is 541 g/mol. The topological polar surface area (TPSA) is 47.9 Å². The second kappa shape index (κ2) is 15.8. The molecule has 0 atom stereocenters. The van der Waals surface area contributed by atoms with Crippen molar-refractivity contribution >= 4 is 0 Å². The summed E-state index contributed by atoms with van der Waals surface area (Å²) in [5.74, 6) is 3.65. The standard InChI is InChI=1S/C35H47F3O4/c1-25(24-39)16-18-41-33-21-32(22-34(23-33)42-20-19-40-2)31-13-11-30(12-14-31)29-9-7-28(8-10-29)27-5-3-26(4-6-27)15-17-35(36,37)38/h11-14,21-23,26-29,39H,1,3-10,15-20,24H2,2H3. The maximum Gasteiger partial charge on any atom is 0.389 e. The first-order valence-corrected chi connectivity index (χ1v) is 15.6. The Morgan fingerprint density at radius 2 is 1.40 bits per heavy atom. The quantitative estimate of drug-likeness (QED) is 0.177. The van der Waals surface area contributed by atoms with Gasteiger partial charge in [0.15, 0.2) is 0 Å². The van der Waals surface area contributed by atoms with Crippen molar-refractivity contribution in [3.63, 3.8) is 0 Å². The smallest absolute Gasteiger partial charge is 0.389 e. The summed E-state index contributed by atoms with van der Waals surface area (Å²) in [5, 5.41) is 9.21. The number of halogens is 3. The summed E-state index contributed by atoms with van der Waals surface area (Å²) in [7, 11) is 1.65. The van der Waals surface area contributed by atoms with Crippen molar-refractivity contribution in [1.82, 2.24) is 0 Å². The molecule has 232 valence electrons. The number of aliphatic hydroxyl groups is 1. The second-order valence-electron chi connectivity index (χ2n) is 12.2. The highest BCUT2D eigenvalue weighted by molar-refractivity contribution is 5.67. The van der Waals surface area contributed by atoms with Gasteiger partial charge in [-0.3, -0.25) is 0 Å². The summed E-state index contributed by atoms with van der Waals surface area (Å²) < 4.78 is 54.8. The van der Waals surface area contributed by atoms with Gasteiger partial charge in [0.25, 0.3) is 0 Å². The average molecular weight is 589 g/mol. The molecule has 0 heterocycles. The zero-order valence-corrected chi connectivity index (χ0v) is 25.0. The molecule has 0 unspecified atom stereocenters. The Kier molecular flexibility index (Phi) is 12.2. The minimum Gasteiger partial charge on any atom is -0.493 e. The number of methoxy groups -OCH3 is 1. The molecule has 2 saturated carbocycles. The van der Waals surface area contributed by atoms with Crippen LogP contribution in [0.25, 0.3) is 11.1 Å². The van der Waals surface area contributed by atoms with E-state index in [0.29, 0.717) is 50.2 Å². The summed E-state index contributed by atoms with van der Waals surface area (Å²) in [6, 6.07) is 14.8. The number of hydrogen-bond donors (Lipinski definition) is 1. The van der Waals surface area contributed by atoms with E-state index >= 15 is 0 Å². The lowest BCUT2D eigenvalue weighted by atomic mass is 9.68. The Morgan fingerprint density at radius 1 is 0.810 bits per heavy atom. The van der Waals surface area contributed by atoms with Gasteiger partial charge in [-0.25, -0.2) is 0 Å². The minimum atomic E-state index is -4.02. The molecule has 2 aromatic rings. The van der Waals surface area contributed by atoms with Crippen LogP contribution >= 0.6 is 0 Å². The maximum atomic E-state index is 12.6. The highest BCUT2D eigenvalue weighted by atomic mass is 19.4. The van der Waals surface area contributed by atoms with Crippen LogP contribution in [0.4, 0.5) is 13.2 Å². The zero-order chi connectivity index (χ0) is 30.0. The summed E-state index contributed by atoms with van der Waals surface area (Å²) in [5.41, 5.74) is 4.22. The predicted molar refractivity (Wildman–Crippen MR) is 161 cm³/mol. The molecule has 0 spiro atoms. The Balaban J connectivity index is 1.31. The van der Waals surface area contributed by atoms with Gasteiger partial charge in [0.2, 0.25) is 0 Å². The van der Waals surface area contributed by atoms with E-state index in [1.807, 2.05) is 18.2 Å². The first-order valence-electron chi connectivity index (χ1n) is 15.6. The van der Waals surface area contributed by atoms with Crippen molar-refractivity contribution in [2.24, 2.45) is 17.8 Å². The molecule has 2 fully saturated rings. The van der Waals surface area contributed by atoms with Gasteiger partial charge in [-0.15, -0.1) is 0 Å². The van der Waals surface area contributed by atoms with E-state index in [2.05, 4.69) is 30.8 Å². The fourth-order valence-electron chi connectivity index (χ4n) is 6.73. The predicted octanol–water partition coefficient (Wildman–Crippen LogP) is 9.12. The Morgan fingerprint density at radius 3 is 1.98 bits per heavy atom. The monoisotopic (exact) mass is 588 g/mol. The fourth-order valence-corrected chi connectivity index (χ4v) is 6.73. The van der Waals surface area contributed by atoms with Crippen LogP contribution in [0, 0.1) is 17.8 Å². The molecule has 0 aromatic heterocycles. The summed E-state index contributed by atoms with van der Waals surface area (Å²) in [6.45, 7) is 5.16. The molecule has 0 radical (unpaired) electrons. The van der Waals surface area contributed by atoms with Gasteiger partial charge in [0.1, 0.15) is 18.1 Å². The van der Waals surface area contributed by atoms with Crippen molar-refractivity contribution in [2.45, 2.75) is 82.7 Å². The van der Waals surface area contributed by atoms with E-state index in [4.69, 9.17) is 14.2 Å². The van der Waals surface area contributed by atoms with Crippen molar-refractivity contribution < 1.29 is 32.5 Å². The fraction of sp³-hybridized carbons (Fsp3) is 0.600. The third kappa shape index (κ3) is 10.0. The number of rotatable bonds is 14. The van der Waals surface area contributed by atoms with Crippen LogP contribution in [0.1, 0.15) is 82.1 Å². The van der Waals surface area contributed by atoms with E-state index in [9.17, 15) is 18.3 Å². The zero-order valence-electron chi connectivity index (χ0n) is 25.0. The minimum absolute atomic E-state index is 0.0435. The molecule has 2 aliphatic carbocycles. The van der Waals surface area contributed by atoms with Gasteiger partial charge >= 0.3 is 6.18 Å². The first-order chi connectivity index (χ1) is 20.2. The van der Waals surface area contributed by atoms with Crippen LogP contribution in [-0.4, -0.2) is 44.8 Å². The lowest BCUT2D eigenvalue weighted by molar-refractivity contribution is -0.138. The number of ether oxygens (including phenoxy) is 3. The van der Waals surface area contributed by atoms with Crippen molar-refractivity contribution in [2.75, 3.05) is 33.5 Å². The molecular formula is C35H47F3O4. The molecule has 2 aliphatic rings. The van der Waals surface area contributed by atoms with Gasteiger partial charge < -0.3 is 19.3 Å². The molecule has 42 heavy (non-hydrogen) atoms. The van der Waals surface area contributed by atoms with E-state index in [-0.39, 0.29) is 12.5 Å². The highest BCUT2D eigenvalue weighted by Gasteiger charge is 2.33. The molecule has 0 amide bonds. The Bertz CT molecular complexity index is 1100. The third-order valence-corrected chi connectivity index (χ3v) is 9.27. The Hall–Kier alpha value is -2.51. The van der Waals surface area contributed by atoms with E-state index in [0.717, 1.165) is 54.1 Å². The van der Waals surface area contributed by atoms with Gasteiger partial charge in [-0.05, 0) is 103 Å². The largest absolute Gasteiger partial charge is 0.493 e. The number of aliphatic hydroxyl groups excluding tert-OH is 1. The number of alkyl halides is 3. The maximum absolute atomic E-state index is 12.6. The molecule has 1 N–H and O–H groups in total. The van der Waals surface area contributed by atoms with Gasteiger partial charge in [0, 0.05) is 26.0 Å². The highest BCUT2D eigenvalue weighted by Crippen LogP contribution is 2.45. The molecule has 4 rings (SSSR count). The average Bonchev–Trinajstić information content (AvgIpc) is 3.00. The van der Waals surface area contributed by atoms with Crippen LogP contribution in [0.5, 0.6) is 11.5 Å². The van der Waals surface area contributed by atoms with Crippen molar-refractivity contribution in [3.05, 3.63) is 60.2 Å². The van der Waals surface area contributed by atoms with Gasteiger partial charge in [0.05, 0.1) is 19.8 Å². The molecule has 0 bridgehead atoms. The number of benzene rings is 2. The van der Waals surface area contributed by atoms with Crippen LogP contribution < -0.4 is 9.47 Å². The normalized spacial score (nSPS) is 23.0. The first kappa shape index (κ1) is 32.4. The summed E-state index contributed by atoms with van der Waals surface area (Å²) >= 11 is 0. The lowest BCUT2D eigenvalue weighted by Crippen LogP contribution is -2.26. The molecule has 2 aromatic carbocycles. The molecule has 4 nitrogen and oxygen atoms in total. The van der Waals surface area contributed by atoms with Crippen LogP contribution in [0.15, 0.2) is 54.6 Å². The van der Waals surface area contributed by atoms with Crippen LogP contribution in [-0.2, 0) is 4.74 Å². The van der Waals surface area contributed by atoms with Gasteiger partial charge in [-0.2, -0.15) is 13.2 Å². The third-order valence-electron chi connectivity index (χ3n) is 9.27. The van der Waals surface area contributed by atoms with Crippen LogP contribution in [0.2, 0.25) is 0 Å². The van der Waals surface area contributed by atoms with Gasteiger partial charge in [-0.1, -0.05) is 43.7 Å². The Labute approximate surface area is 249 Å². The lowest BCUT2D eigenvalue weighted by Gasteiger charge is -2.38.